The Labute approximate surface area is 174 Å². The molecule has 1 aliphatic heterocycles. The smallest absolute Gasteiger partial charge is 0.338 e. The highest BCUT2D eigenvalue weighted by Gasteiger charge is 2.23. The number of rotatable bonds is 4. The quantitative estimate of drug-likeness (QED) is 0.489. The summed E-state index contributed by atoms with van der Waals surface area (Å²) in [6, 6.07) is 8.52. The first-order valence-corrected chi connectivity index (χ1v) is 10.1. The molecule has 0 unspecified atom stereocenters. The summed E-state index contributed by atoms with van der Waals surface area (Å²) in [4.78, 5) is 42.6. The minimum Gasteiger partial charge on any atom is -0.451 e. The third kappa shape index (κ3) is 3.43. The maximum absolute atomic E-state index is 12.8. The lowest BCUT2D eigenvalue weighted by Gasteiger charge is -2.15. The molecule has 2 aromatic carbocycles. The first-order chi connectivity index (χ1) is 14.3. The van der Waals surface area contributed by atoms with Gasteiger partial charge < -0.3 is 4.74 Å². The molecule has 1 atom stereocenters. The second-order valence-electron chi connectivity index (χ2n) is 7.98. The Kier molecular flexibility index (Phi) is 5.02. The number of ketones is 1. The van der Waals surface area contributed by atoms with Gasteiger partial charge in [-0.05, 0) is 75.1 Å². The highest BCUT2D eigenvalue weighted by atomic mass is 16.5. The summed E-state index contributed by atoms with van der Waals surface area (Å²) < 4.78 is 7.14. The third-order valence-corrected chi connectivity index (χ3v) is 5.81. The molecule has 0 radical (unpaired) electrons. The molecule has 1 aliphatic rings. The van der Waals surface area contributed by atoms with Gasteiger partial charge in [-0.1, -0.05) is 6.07 Å². The minimum absolute atomic E-state index is 0.0822. The highest BCUT2D eigenvalue weighted by Crippen LogP contribution is 2.20. The highest BCUT2D eigenvalue weighted by molar-refractivity contribution is 6.03. The van der Waals surface area contributed by atoms with Crippen molar-refractivity contribution >= 4 is 22.7 Å². The molecule has 3 aromatic rings. The molecule has 6 heteroatoms. The summed E-state index contributed by atoms with van der Waals surface area (Å²) in [7, 11) is 0. The molecular formula is C24H24N2O4. The Morgan fingerprint density at radius 2 is 1.80 bits per heavy atom. The van der Waals surface area contributed by atoms with Crippen LogP contribution in [0.5, 0.6) is 0 Å². The van der Waals surface area contributed by atoms with Gasteiger partial charge in [-0.2, -0.15) is 0 Å². The predicted molar refractivity (Wildman–Crippen MR) is 114 cm³/mol. The lowest BCUT2D eigenvalue weighted by molar-refractivity contribution is 0.0318. The normalized spacial score (nSPS) is 13.9. The van der Waals surface area contributed by atoms with Gasteiger partial charge in [0, 0.05) is 18.5 Å². The Morgan fingerprint density at radius 3 is 2.57 bits per heavy atom. The molecule has 2 heterocycles. The van der Waals surface area contributed by atoms with Crippen LogP contribution in [0.3, 0.4) is 0 Å². The molecule has 0 amide bonds. The Balaban J connectivity index is 1.58. The van der Waals surface area contributed by atoms with Crippen LogP contribution in [0.4, 0.5) is 0 Å². The maximum atomic E-state index is 12.8. The average molecular weight is 404 g/mol. The fraction of sp³-hybridized carbons (Fsp3) is 0.333. The van der Waals surface area contributed by atoms with Crippen molar-refractivity contribution in [2.24, 2.45) is 0 Å². The third-order valence-electron chi connectivity index (χ3n) is 5.81. The summed E-state index contributed by atoms with van der Waals surface area (Å²) in [6.45, 7) is 8.07. The van der Waals surface area contributed by atoms with Crippen LogP contribution in [0.15, 0.2) is 35.1 Å². The topological polar surface area (TPSA) is 78.3 Å². The van der Waals surface area contributed by atoms with E-state index in [1.807, 2.05) is 32.9 Å². The van der Waals surface area contributed by atoms with Crippen LogP contribution >= 0.6 is 0 Å². The first-order valence-electron chi connectivity index (χ1n) is 10.1. The Bertz CT molecular complexity index is 1260. The van der Waals surface area contributed by atoms with Gasteiger partial charge in [0.1, 0.15) is 5.82 Å². The number of ether oxygens (including phenoxy) is 1. The van der Waals surface area contributed by atoms with Crippen LogP contribution < -0.4 is 5.56 Å². The number of hydrogen-bond acceptors (Lipinski definition) is 5. The SMILES string of the molecule is Cc1cc(C)c(C(=O)[C@@H](C)OC(=O)c2ccc3c(=O)n4c(nc3c2)CCC4)cc1C. The van der Waals surface area contributed by atoms with Gasteiger partial charge in [-0.3, -0.25) is 14.2 Å². The van der Waals surface area contributed by atoms with Crippen molar-refractivity contribution in [3.05, 3.63) is 74.3 Å². The lowest BCUT2D eigenvalue weighted by Crippen LogP contribution is -2.25. The molecule has 0 saturated carbocycles. The van der Waals surface area contributed by atoms with Crippen molar-refractivity contribution in [2.75, 3.05) is 0 Å². The van der Waals surface area contributed by atoms with Gasteiger partial charge in [-0.15, -0.1) is 0 Å². The molecule has 1 aromatic heterocycles. The summed E-state index contributed by atoms with van der Waals surface area (Å²) in [5.74, 6) is -0.104. The monoisotopic (exact) mass is 404 g/mol. The van der Waals surface area contributed by atoms with Gasteiger partial charge in [-0.25, -0.2) is 9.78 Å². The van der Waals surface area contributed by atoms with Gasteiger partial charge in [0.05, 0.1) is 16.5 Å². The van der Waals surface area contributed by atoms with Crippen molar-refractivity contribution < 1.29 is 14.3 Å². The number of benzene rings is 2. The zero-order valence-corrected chi connectivity index (χ0v) is 17.6. The summed E-state index contributed by atoms with van der Waals surface area (Å²) in [5, 5.41) is 0.479. The van der Waals surface area contributed by atoms with E-state index in [4.69, 9.17) is 4.74 Å². The molecule has 30 heavy (non-hydrogen) atoms. The van der Waals surface area contributed by atoms with Crippen LogP contribution in [-0.2, 0) is 17.7 Å². The molecule has 0 fully saturated rings. The summed E-state index contributed by atoms with van der Waals surface area (Å²) >= 11 is 0. The second-order valence-corrected chi connectivity index (χ2v) is 7.98. The van der Waals surface area contributed by atoms with Crippen LogP contribution in [-0.4, -0.2) is 27.4 Å². The van der Waals surface area contributed by atoms with Crippen LogP contribution in [0.2, 0.25) is 0 Å². The van der Waals surface area contributed by atoms with Gasteiger partial charge in [0.2, 0.25) is 5.78 Å². The fourth-order valence-electron chi connectivity index (χ4n) is 3.94. The van der Waals surface area contributed by atoms with Crippen LogP contribution in [0.25, 0.3) is 10.9 Å². The Morgan fingerprint density at radius 1 is 1.07 bits per heavy atom. The van der Waals surface area contributed by atoms with E-state index < -0.39 is 12.1 Å². The molecule has 0 saturated heterocycles. The number of esters is 1. The molecule has 0 aliphatic carbocycles. The van der Waals surface area contributed by atoms with Crippen LogP contribution in [0, 0.1) is 20.8 Å². The number of nitrogens with zero attached hydrogens (tertiary/aromatic N) is 2. The van der Waals surface area contributed by atoms with Crippen molar-refractivity contribution in [1.82, 2.24) is 9.55 Å². The van der Waals surface area contributed by atoms with E-state index in [9.17, 15) is 14.4 Å². The predicted octanol–water partition coefficient (Wildman–Crippen LogP) is 3.70. The number of carbonyl (C=O) groups is 2. The Hall–Kier alpha value is -3.28. The van der Waals surface area contributed by atoms with Crippen molar-refractivity contribution in [1.29, 1.82) is 0 Å². The fourth-order valence-corrected chi connectivity index (χ4v) is 3.94. The van der Waals surface area contributed by atoms with Gasteiger partial charge >= 0.3 is 5.97 Å². The van der Waals surface area contributed by atoms with Gasteiger partial charge in [0.15, 0.2) is 6.10 Å². The number of aromatic nitrogens is 2. The number of hydrogen-bond donors (Lipinski definition) is 0. The number of Topliss-reactive ketones (excluding diaryl/α,β-unsaturated/α-hetero) is 1. The molecular weight excluding hydrogens is 380 g/mol. The zero-order valence-electron chi connectivity index (χ0n) is 17.6. The van der Waals surface area contributed by atoms with E-state index in [-0.39, 0.29) is 16.9 Å². The zero-order chi connectivity index (χ0) is 21.6. The molecule has 0 spiro atoms. The van der Waals surface area contributed by atoms with E-state index in [1.54, 1.807) is 29.7 Å². The summed E-state index contributed by atoms with van der Waals surface area (Å²) in [6.07, 6.45) is 0.721. The molecule has 6 nitrogen and oxygen atoms in total. The van der Waals surface area contributed by atoms with E-state index >= 15 is 0 Å². The van der Waals surface area contributed by atoms with Crippen molar-refractivity contribution in [3.63, 3.8) is 0 Å². The van der Waals surface area contributed by atoms with E-state index in [1.165, 1.54) is 0 Å². The lowest BCUT2D eigenvalue weighted by atomic mass is 9.96. The molecule has 0 N–H and O–H groups in total. The standard InChI is InChI=1S/C24H24N2O4/c1-13-10-15(3)19(11-14(13)2)22(27)16(4)30-24(29)17-7-8-18-20(12-17)25-21-6-5-9-26(21)23(18)28/h7-8,10-12,16H,5-6,9H2,1-4H3/t16-/m1/s1. The van der Waals surface area contributed by atoms with E-state index in [2.05, 4.69) is 4.98 Å². The minimum atomic E-state index is -0.924. The van der Waals surface area contributed by atoms with E-state index in [0.29, 0.717) is 23.0 Å². The number of aryl methyl sites for hydroxylation is 4. The second kappa shape index (κ2) is 7.52. The summed E-state index contributed by atoms with van der Waals surface area (Å²) in [5.41, 5.74) is 4.21. The average Bonchev–Trinajstić information content (AvgIpc) is 3.18. The molecule has 154 valence electrons. The number of fused-ring (bicyclic) bond motifs is 2. The van der Waals surface area contributed by atoms with Gasteiger partial charge in [0.25, 0.3) is 5.56 Å². The largest absolute Gasteiger partial charge is 0.451 e. The number of carbonyl (C=O) groups excluding carboxylic acids is 2. The van der Waals surface area contributed by atoms with E-state index in [0.717, 1.165) is 35.4 Å². The van der Waals surface area contributed by atoms with Crippen molar-refractivity contribution in [3.8, 4) is 0 Å². The van der Waals surface area contributed by atoms with Crippen LogP contribution in [0.1, 0.15) is 56.6 Å². The first kappa shape index (κ1) is 20.0. The maximum Gasteiger partial charge on any atom is 0.338 e. The van der Waals surface area contributed by atoms with Crippen molar-refractivity contribution in [2.45, 2.75) is 53.2 Å². The molecule has 0 bridgehead atoms. The molecule has 4 rings (SSSR count).